The van der Waals surface area contributed by atoms with Crippen molar-refractivity contribution in [3.63, 3.8) is 0 Å². The van der Waals surface area contributed by atoms with E-state index in [1.807, 2.05) is 0 Å². The highest BCUT2D eigenvalue weighted by molar-refractivity contribution is 7.90. The summed E-state index contributed by atoms with van der Waals surface area (Å²) in [5.41, 5.74) is 0. The van der Waals surface area contributed by atoms with Crippen molar-refractivity contribution in [1.29, 1.82) is 0 Å². The van der Waals surface area contributed by atoms with Gasteiger partial charge < -0.3 is 4.74 Å². The van der Waals surface area contributed by atoms with Gasteiger partial charge in [0.1, 0.15) is 0 Å². The third kappa shape index (κ3) is 3.25. The predicted octanol–water partition coefficient (Wildman–Crippen LogP) is 1.12. The van der Waals surface area contributed by atoms with Gasteiger partial charge in [0, 0.05) is 0 Å². The van der Waals surface area contributed by atoms with Crippen molar-refractivity contribution in [1.82, 2.24) is 4.72 Å². The molecule has 0 saturated heterocycles. The summed E-state index contributed by atoms with van der Waals surface area (Å²) in [5.74, 6) is 0. The Bertz CT molecular complexity index is 427. The first-order valence-electron chi connectivity index (χ1n) is 4.31. The topological polar surface area (TPSA) is 72.5 Å². The lowest BCUT2D eigenvalue weighted by atomic mass is 10.4. The van der Waals surface area contributed by atoms with Crippen molar-refractivity contribution in [2.24, 2.45) is 0 Å². The lowest BCUT2D eigenvalue weighted by molar-refractivity contribution is 0.158. The molecule has 0 radical (unpaired) electrons. The maximum absolute atomic E-state index is 11.5. The maximum Gasteiger partial charge on any atom is 0.421 e. The van der Waals surface area contributed by atoms with Gasteiger partial charge in [-0.3, -0.25) is 0 Å². The lowest BCUT2D eigenvalue weighted by Crippen LogP contribution is -2.31. The summed E-state index contributed by atoms with van der Waals surface area (Å²) >= 11 is 0. The van der Waals surface area contributed by atoms with Gasteiger partial charge >= 0.3 is 6.09 Å². The summed E-state index contributed by atoms with van der Waals surface area (Å²) < 4.78 is 29.3. The number of hydrogen-bond donors (Lipinski definition) is 1. The molecular formula is C9H11NO4S. The number of nitrogens with one attached hydrogen (secondary N) is 1. The van der Waals surface area contributed by atoms with E-state index in [1.54, 1.807) is 29.8 Å². The summed E-state index contributed by atoms with van der Waals surface area (Å²) in [7, 11) is -3.81. The van der Waals surface area contributed by atoms with Crippen molar-refractivity contribution >= 4 is 16.1 Å². The molecule has 0 fully saturated rings. The van der Waals surface area contributed by atoms with Crippen LogP contribution in [0.1, 0.15) is 6.92 Å². The van der Waals surface area contributed by atoms with E-state index in [0.717, 1.165) is 0 Å². The molecule has 0 aliphatic heterocycles. The van der Waals surface area contributed by atoms with Crippen molar-refractivity contribution in [3.8, 4) is 0 Å². The van der Waals surface area contributed by atoms with Crippen molar-refractivity contribution in [2.45, 2.75) is 11.8 Å². The quantitative estimate of drug-likeness (QED) is 0.843. The van der Waals surface area contributed by atoms with E-state index in [2.05, 4.69) is 4.74 Å². The van der Waals surface area contributed by atoms with Crippen LogP contribution in [-0.2, 0) is 14.8 Å². The van der Waals surface area contributed by atoms with Gasteiger partial charge in [-0.05, 0) is 19.1 Å². The van der Waals surface area contributed by atoms with Crippen molar-refractivity contribution in [2.75, 3.05) is 6.61 Å². The second-order valence-electron chi connectivity index (χ2n) is 2.64. The molecule has 15 heavy (non-hydrogen) atoms. The van der Waals surface area contributed by atoms with E-state index >= 15 is 0 Å². The van der Waals surface area contributed by atoms with E-state index in [9.17, 15) is 13.2 Å². The SMILES string of the molecule is CCOC(=O)NS(=O)(=O)c1ccccc1. The minimum absolute atomic E-state index is 0.0260. The Morgan fingerprint density at radius 1 is 1.33 bits per heavy atom. The van der Waals surface area contributed by atoms with Crippen LogP contribution in [0.2, 0.25) is 0 Å². The second-order valence-corrected chi connectivity index (χ2v) is 4.32. The monoisotopic (exact) mass is 229 g/mol. The largest absolute Gasteiger partial charge is 0.449 e. The first-order valence-corrected chi connectivity index (χ1v) is 5.79. The third-order valence-electron chi connectivity index (χ3n) is 1.55. The van der Waals surface area contributed by atoms with E-state index in [0.29, 0.717) is 0 Å². The molecule has 0 atom stereocenters. The molecule has 6 heteroatoms. The number of sulfonamides is 1. The number of hydrogen-bond acceptors (Lipinski definition) is 4. The molecular weight excluding hydrogens is 218 g/mol. The molecule has 0 saturated carbocycles. The Hall–Kier alpha value is -1.56. The Kier molecular flexibility index (Phi) is 3.68. The second kappa shape index (κ2) is 4.79. The Labute approximate surface area is 88.1 Å². The standard InChI is InChI=1S/C9H11NO4S/c1-2-14-9(11)10-15(12,13)8-6-4-3-5-7-8/h3-7H,2H2,1H3,(H,10,11). The summed E-state index contributed by atoms with van der Waals surface area (Å²) in [6.07, 6.45) is -0.971. The van der Waals surface area contributed by atoms with E-state index in [-0.39, 0.29) is 11.5 Å². The zero-order valence-corrected chi connectivity index (χ0v) is 8.95. The molecule has 1 amide bonds. The summed E-state index contributed by atoms with van der Waals surface area (Å²) in [6, 6.07) is 7.60. The Balaban J connectivity index is 2.81. The highest BCUT2D eigenvalue weighted by Gasteiger charge is 2.17. The van der Waals surface area contributed by atoms with Gasteiger partial charge in [0.15, 0.2) is 0 Å². The minimum Gasteiger partial charge on any atom is -0.449 e. The van der Waals surface area contributed by atoms with Gasteiger partial charge in [-0.1, -0.05) is 18.2 Å². The van der Waals surface area contributed by atoms with Crippen LogP contribution in [0.3, 0.4) is 0 Å². The van der Waals surface area contributed by atoms with Crippen LogP contribution in [-0.4, -0.2) is 21.1 Å². The first kappa shape index (κ1) is 11.5. The fourth-order valence-electron chi connectivity index (χ4n) is 0.929. The minimum atomic E-state index is -3.81. The zero-order valence-electron chi connectivity index (χ0n) is 8.14. The average molecular weight is 229 g/mol. The number of carbonyl (C=O) groups is 1. The van der Waals surface area contributed by atoms with Crippen molar-refractivity contribution in [3.05, 3.63) is 30.3 Å². The highest BCUT2D eigenvalue weighted by atomic mass is 32.2. The normalized spacial score (nSPS) is 10.7. The number of benzene rings is 1. The molecule has 0 aliphatic carbocycles. The van der Waals surface area contributed by atoms with Gasteiger partial charge in [0.05, 0.1) is 11.5 Å². The fraction of sp³-hybridized carbons (Fsp3) is 0.222. The first-order chi connectivity index (χ1) is 7.06. The Morgan fingerprint density at radius 2 is 1.93 bits per heavy atom. The van der Waals surface area contributed by atoms with Gasteiger partial charge in [0.2, 0.25) is 0 Å². The van der Waals surface area contributed by atoms with Crippen LogP contribution in [0, 0.1) is 0 Å². The van der Waals surface area contributed by atoms with Crippen LogP contribution in [0.4, 0.5) is 4.79 Å². The molecule has 1 N–H and O–H groups in total. The average Bonchev–Trinajstić information content (AvgIpc) is 2.18. The number of rotatable bonds is 3. The van der Waals surface area contributed by atoms with Crippen molar-refractivity contribution < 1.29 is 17.9 Å². The van der Waals surface area contributed by atoms with Gasteiger partial charge in [-0.15, -0.1) is 0 Å². The molecule has 1 aromatic carbocycles. The molecule has 0 aromatic heterocycles. The maximum atomic E-state index is 11.5. The van der Waals surface area contributed by atoms with Crippen LogP contribution in [0.5, 0.6) is 0 Å². The van der Waals surface area contributed by atoms with Gasteiger partial charge in [-0.25, -0.2) is 17.9 Å². The fourth-order valence-corrected chi connectivity index (χ4v) is 1.84. The zero-order chi connectivity index (χ0) is 11.3. The predicted molar refractivity (Wildman–Crippen MR) is 53.8 cm³/mol. The molecule has 1 aromatic rings. The van der Waals surface area contributed by atoms with Crippen LogP contribution in [0.15, 0.2) is 35.2 Å². The van der Waals surface area contributed by atoms with E-state index in [1.165, 1.54) is 12.1 Å². The summed E-state index contributed by atoms with van der Waals surface area (Å²) in [4.78, 5) is 10.9. The molecule has 0 unspecified atom stereocenters. The number of carbonyl (C=O) groups excluding carboxylic acids is 1. The molecule has 1 rings (SSSR count). The van der Waals surface area contributed by atoms with E-state index in [4.69, 9.17) is 0 Å². The van der Waals surface area contributed by atoms with Crippen LogP contribution < -0.4 is 4.72 Å². The van der Waals surface area contributed by atoms with Gasteiger partial charge in [0.25, 0.3) is 10.0 Å². The lowest BCUT2D eigenvalue weighted by Gasteiger charge is -2.05. The van der Waals surface area contributed by atoms with Crippen LogP contribution in [0.25, 0.3) is 0 Å². The molecule has 5 nitrogen and oxygen atoms in total. The van der Waals surface area contributed by atoms with E-state index < -0.39 is 16.1 Å². The smallest absolute Gasteiger partial charge is 0.421 e. The third-order valence-corrected chi connectivity index (χ3v) is 2.87. The highest BCUT2D eigenvalue weighted by Crippen LogP contribution is 2.06. The number of amides is 1. The molecule has 0 heterocycles. The molecule has 0 aliphatic rings. The van der Waals surface area contributed by atoms with Gasteiger partial charge in [-0.2, -0.15) is 0 Å². The summed E-state index contributed by atoms with van der Waals surface area (Å²) in [6.45, 7) is 1.71. The molecule has 0 spiro atoms. The number of ether oxygens (including phenoxy) is 1. The summed E-state index contributed by atoms with van der Waals surface area (Å²) in [5, 5.41) is 0. The Morgan fingerprint density at radius 3 is 2.47 bits per heavy atom. The van der Waals surface area contributed by atoms with Crippen LogP contribution >= 0.6 is 0 Å². The molecule has 0 bridgehead atoms. The molecule has 82 valence electrons.